The van der Waals surface area contributed by atoms with Crippen molar-refractivity contribution in [1.82, 2.24) is 20.1 Å². The maximum absolute atomic E-state index is 6.02. The Kier molecular flexibility index (Phi) is 4.48. The van der Waals surface area contributed by atoms with Crippen LogP contribution in [-0.4, -0.2) is 33.2 Å². The van der Waals surface area contributed by atoms with Gasteiger partial charge in [-0.15, -0.1) is 10.2 Å². The number of piperidine rings is 1. The largest absolute Gasteiger partial charge is 0.440 e. The van der Waals surface area contributed by atoms with E-state index in [1.807, 2.05) is 18.2 Å². The van der Waals surface area contributed by atoms with Gasteiger partial charge in [0.05, 0.1) is 6.54 Å². The first-order chi connectivity index (χ1) is 12.1. The zero-order valence-corrected chi connectivity index (χ0v) is 15.2. The Morgan fingerprint density at radius 1 is 1.20 bits per heavy atom. The molecule has 1 aromatic carbocycles. The lowest BCUT2D eigenvalue weighted by atomic mass is 9.97. The second-order valence-corrected chi connectivity index (χ2v) is 7.34. The molecule has 132 valence electrons. The van der Waals surface area contributed by atoms with Crippen molar-refractivity contribution in [2.45, 2.75) is 45.1 Å². The Morgan fingerprint density at radius 2 is 2.00 bits per heavy atom. The third kappa shape index (κ3) is 3.55. The Morgan fingerprint density at radius 3 is 2.72 bits per heavy atom. The van der Waals surface area contributed by atoms with E-state index in [0.717, 1.165) is 42.9 Å². The molecule has 3 aromatic rings. The van der Waals surface area contributed by atoms with Crippen molar-refractivity contribution in [2.24, 2.45) is 0 Å². The maximum Gasteiger partial charge on any atom is 0.230 e. The Balaban J connectivity index is 1.38. The molecule has 1 aliphatic heterocycles. The van der Waals surface area contributed by atoms with Crippen molar-refractivity contribution in [1.29, 1.82) is 0 Å². The molecule has 1 fully saturated rings. The summed E-state index contributed by atoms with van der Waals surface area (Å²) < 4.78 is 11.6. The fourth-order valence-electron chi connectivity index (χ4n) is 3.19. The highest BCUT2D eigenvalue weighted by Crippen LogP contribution is 2.31. The van der Waals surface area contributed by atoms with E-state index in [0.29, 0.717) is 29.3 Å². The summed E-state index contributed by atoms with van der Waals surface area (Å²) in [5.41, 5.74) is 1.63. The third-order valence-electron chi connectivity index (χ3n) is 4.64. The SMILES string of the molecule is CC(C)c1nnc(CN2CCC(c3nc4cc(Cl)ccc4o3)CC2)o1. The molecule has 0 spiro atoms. The molecule has 0 saturated carbocycles. The number of rotatable bonds is 4. The van der Waals surface area contributed by atoms with Crippen LogP contribution in [0.1, 0.15) is 56.2 Å². The molecule has 0 bridgehead atoms. The Hall–Kier alpha value is -1.92. The molecule has 7 heteroatoms. The van der Waals surface area contributed by atoms with E-state index in [-0.39, 0.29) is 5.92 Å². The molecule has 2 aromatic heterocycles. The number of nitrogens with zero attached hydrogens (tertiary/aromatic N) is 4. The quantitative estimate of drug-likeness (QED) is 0.688. The molecule has 25 heavy (non-hydrogen) atoms. The van der Waals surface area contributed by atoms with Crippen molar-refractivity contribution in [3.05, 3.63) is 40.9 Å². The van der Waals surface area contributed by atoms with Gasteiger partial charge in [-0.3, -0.25) is 4.90 Å². The van der Waals surface area contributed by atoms with Gasteiger partial charge in [-0.25, -0.2) is 4.98 Å². The number of likely N-dealkylation sites (tertiary alicyclic amines) is 1. The minimum absolute atomic E-state index is 0.264. The molecule has 0 radical (unpaired) electrons. The van der Waals surface area contributed by atoms with Crippen LogP contribution >= 0.6 is 11.6 Å². The summed E-state index contributed by atoms with van der Waals surface area (Å²) in [4.78, 5) is 6.96. The summed E-state index contributed by atoms with van der Waals surface area (Å²) in [7, 11) is 0. The minimum atomic E-state index is 0.264. The lowest BCUT2D eigenvalue weighted by Gasteiger charge is -2.29. The number of oxazole rings is 1. The van der Waals surface area contributed by atoms with Gasteiger partial charge in [-0.1, -0.05) is 25.4 Å². The number of halogens is 1. The average Bonchev–Trinajstić information content (AvgIpc) is 3.22. The Labute approximate surface area is 151 Å². The lowest BCUT2D eigenvalue weighted by Crippen LogP contribution is -2.32. The molecule has 1 saturated heterocycles. The van der Waals surface area contributed by atoms with Gasteiger partial charge in [-0.2, -0.15) is 0 Å². The van der Waals surface area contributed by atoms with Gasteiger partial charge in [0.1, 0.15) is 5.52 Å². The van der Waals surface area contributed by atoms with E-state index >= 15 is 0 Å². The van der Waals surface area contributed by atoms with E-state index in [2.05, 4.69) is 33.9 Å². The Bertz CT molecular complexity index is 865. The first-order valence-corrected chi connectivity index (χ1v) is 9.07. The molecule has 6 nitrogen and oxygen atoms in total. The van der Waals surface area contributed by atoms with Crippen LogP contribution in [0.25, 0.3) is 11.1 Å². The van der Waals surface area contributed by atoms with Crippen LogP contribution in [0.3, 0.4) is 0 Å². The summed E-state index contributed by atoms with van der Waals surface area (Å²) in [6.07, 6.45) is 2.01. The summed E-state index contributed by atoms with van der Waals surface area (Å²) in [6.45, 7) is 6.73. The first kappa shape index (κ1) is 16.5. The molecule has 3 heterocycles. The average molecular weight is 361 g/mol. The van der Waals surface area contributed by atoms with Gasteiger partial charge < -0.3 is 8.83 Å². The molecule has 0 amide bonds. The van der Waals surface area contributed by atoms with E-state index in [1.54, 1.807) is 0 Å². The fourth-order valence-corrected chi connectivity index (χ4v) is 3.35. The number of benzene rings is 1. The van der Waals surface area contributed by atoms with Crippen LogP contribution in [0, 0.1) is 0 Å². The van der Waals surface area contributed by atoms with Gasteiger partial charge in [-0.05, 0) is 44.1 Å². The van der Waals surface area contributed by atoms with E-state index < -0.39 is 0 Å². The third-order valence-corrected chi connectivity index (χ3v) is 4.87. The smallest absolute Gasteiger partial charge is 0.230 e. The maximum atomic E-state index is 6.02. The predicted octanol–water partition coefficient (Wildman–Crippen LogP) is 4.37. The molecular weight excluding hydrogens is 340 g/mol. The fraction of sp³-hybridized carbons (Fsp3) is 0.500. The molecule has 0 aliphatic carbocycles. The van der Waals surface area contributed by atoms with Crippen LogP contribution in [0.4, 0.5) is 0 Å². The van der Waals surface area contributed by atoms with Gasteiger partial charge in [0.2, 0.25) is 11.8 Å². The van der Waals surface area contributed by atoms with E-state index in [9.17, 15) is 0 Å². The summed E-state index contributed by atoms with van der Waals surface area (Å²) in [6, 6.07) is 5.56. The lowest BCUT2D eigenvalue weighted by molar-refractivity contribution is 0.177. The monoisotopic (exact) mass is 360 g/mol. The van der Waals surface area contributed by atoms with Gasteiger partial charge in [0.15, 0.2) is 11.5 Å². The zero-order valence-electron chi connectivity index (χ0n) is 14.4. The number of hydrogen-bond donors (Lipinski definition) is 0. The minimum Gasteiger partial charge on any atom is -0.440 e. The predicted molar refractivity (Wildman–Crippen MR) is 94.7 cm³/mol. The topological polar surface area (TPSA) is 68.2 Å². The van der Waals surface area contributed by atoms with Gasteiger partial charge in [0.25, 0.3) is 0 Å². The molecule has 0 unspecified atom stereocenters. The number of fused-ring (bicyclic) bond motifs is 1. The van der Waals surface area contributed by atoms with Crippen molar-refractivity contribution in [3.63, 3.8) is 0 Å². The highest BCUT2D eigenvalue weighted by atomic mass is 35.5. The van der Waals surface area contributed by atoms with Crippen LogP contribution in [0.5, 0.6) is 0 Å². The van der Waals surface area contributed by atoms with Crippen LogP contribution in [-0.2, 0) is 6.54 Å². The van der Waals surface area contributed by atoms with Gasteiger partial charge >= 0.3 is 0 Å². The van der Waals surface area contributed by atoms with Gasteiger partial charge in [0, 0.05) is 16.9 Å². The normalized spacial score (nSPS) is 17.0. The van der Waals surface area contributed by atoms with Crippen molar-refractivity contribution in [3.8, 4) is 0 Å². The molecule has 4 rings (SSSR count). The van der Waals surface area contributed by atoms with Crippen molar-refractivity contribution in [2.75, 3.05) is 13.1 Å². The zero-order chi connectivity index (χ0) is 17.4. The molecule has 0 atom stereocenters. The van der Waals surface area contributed by atoms with Crippen LogP contribution < -0.4 is 0 Å². The molecule has 1 aliphatic rings. The van der Waals surface area contributed by atoms with Crippen LogP contribution in [0.2, 0.25) is 5.02 Å². The highest BCUT2D eigenvalue weighted by molar-refractivity contribution is 6.31. The van der Waals surface area contributed by atoms with Crippen LogP contribution in [0.15, 0.2) is 27.0 Å². The number of aromatic nitrogens is 3. The molecule has 0 N–H and O–H groups in total. The molecular formula is C18H21ClN4O2. The standard InChI is InChI=1S/C18H21ClN4O2/c1-11(2)17-22-21-16(25-17)10-23-7-5-12(6-8-23)18-20-14-9-13(19)3-4-15(14)24-18/h3-4,9,11-12H,5-8,10H2,1-2H3. The second kappa shape index (κ2) is 6.77. The van der Waals surface area contributed by atoms with Crippen molar-refractivity contribution < 1.29 is 8.83 Å². The summed E-state index contributed by atoms with van der Waals surface area (Å²) in [5.74, 6) is 2.82. The second-order valence-electron chi connectivity index (χ2n) is 6.90. The van der Waals surface area contributed by atoms with E-state index in [4.69, 9.17) is 20.4 Å². The van der Waals surface area contributed by atoms with Crippen molar-refractivity contribution >= 4 is 22.7 Å². The van der Waals surface area contributed by atoms with E-state index in [1.165, 1.54) is 0 Å². The summed E-state index contributed by atoms with van der Waals surface area (Å²) >= 11 is 6.02. The first-order valence-electron chi connectivity index (χ1n) is 8.69. The number of hydrogen-bond acceptors (Lipinski definition) is 6. The summed E-state index contributed by atoms with van der Waals surface area (Å²) in [5, 5.41) is 8.92. The highest BCUT2D eigenvalue weighted by Gasteiger charge is 2.25.